The van der Waals surface area contributed by atoms with Gasteiger partial charge in [0.2, 0.25) is 11.9 Å². The molecule has 0 bridgehead atoms. The number of piperazine rings is 1. The molecule has 2 aliphatic rings. The Morgan fingerprint density at radius 1 is 1.09 bits per heavy atom. The van der Waals surface area contributed by atoms with Gasteiger partial charge >= 0.3 is 0 Å². The number of aromatic nitrogens is 4. The summed E-state index contributed by atoms with van der Waals surface area (Å²) in [6.07, 6.45) is 4.78. The number of halogens is 1. The van der Waals surface area contributed by atoms with E-state index in [0.29, 0.717) is 49.6 Å². The van der Waals surface area contributed by atoms with Crippen molar-refractivity contribution >= 4 is 29.3 Å². The lowest BCUT2D eigenvalue weighted by Crippen LogP contribution is -2.51. The topological polar surface area (TPSA) is 124 Å². The van der Waals surface area contributed by atoms with Gasteiger partial charge < -0.3 is 19.7 Å². The standard InChI is InChI=1S/C30H28ClN7O5/c31-27-16-28(35-30(34-27)36-10-8-32-20-36)37-11-9-33-23(24(37)18-39)15-29(40)38(43-19-21-4-2-1-3-5-21)17-22-6-7-25-26(14-22)42-13-12-41-25/h1-8,10,14,16,20,23,33H,9,11-13,15,17,19H2. The van der Waals surface area contributed by atoms with E-state index in [1.54, 1.807) is 34.3 Å². The molecule has 1 saturated heterocycles. The maximum atomic E-state index is 13.8. The van der Waals surface area contributed by atoms with E-state index in [1.807, 2.05) is 54.5 Å². The fourth-order valence-electron chi connectivity index (χ4n) is 4.87. The lowest BCUT2D eigenvalue weighted by atomic mass is 10.1. The van der Waals surface area contributed by atoms with Crippen LogP contribution in [0.3, 0.4) is 0 Å². The van der Waals surface area contributed by atoms with Gasteiger partial charge in [0.25, 0.3) is 0 Å². The molecule has 0 aliphatic carbocycles. The summed E-state index contributed by atoms with van der Waals surface area (Å²) in [7, 11) is 0. The van der Waals surface area contributed by atoms with E-state index in [4.69, 9.17) is 25.9 Å². The summed E-state index contributed by atoms with van der Waals surface area (Å²) in [5.74, 6) is 3.70. The Labute approximate surface area is 252 Å². The zero-order valence-electron chi connectivity index (χ0n) is 23.1. The molecule has 4 heterocycles. The number of rotatable bonds is 9. The van der Waals surface area contributed by atoms with Gasteiger partial charge in [-0.3, -0.25) is 14.2 Å². The van der Waals surface area contributed by atoms with Crippen molar-refractivity contribution in [3.05, 3.63) is 95.3 Å². The molecule has 2 aromatic carbocycles. The van der Waals surface area contributed by atoms with Crippen molar-refractivity contribution in [1.82, 2.24) is 29.9 Å². The lowest BCUT2D eigenvalue weighted by molar-refractivity contribution is -0.196. The number of benzene rings is 2. The Bertz CT molecular complexity index is 1630. The van der Waals surface area contributed by atoms with Gasteiger partial charge in [0.05, 0.1) is 19.0 Å². The molecule has 1 N–H and O–H groups in total. The quantitative estimate of drug-likeness (QED) is 0.174. The van der Waals surface area contributed by atoms with Crippen LogP contribution >= 0.6 is 11.6 Å². The number of hydrogen-bond acceptors (Lipinski definition) is 10. The molecule has 0 spiro atoms. The summed E-state index contributed by atoms with van der Waals surface area (Å²) in [6, 6.07) is 16.0. The smallest absolute Gasteiger partial charge is 0.248 e. The number of imidazole rings is 1. The number of carbonyl (C=O) groups excluding carboxylic acids is 2. The number of nitrogens with zero attached hydrogens (tertiary/aromatic N) is 6. The average molecular weight is 602 g/mol. The molecule has 0 radical (unpaired) electrons. The Morgan fingerprint density at radius 3 is 2.72 bits per heavy atom. The number of amides is 1. The number of ether oxygens (including phenoxy) is 2. The number of hydroxylamine groups is 2. The van der Waals surface area contributed by atoms with E-state index < -0.39 is 6.04 Å². The SMILES string of the molecule is O=C=C1C(CC(=O)N(Cc2ccc3c(c2)OCCO3)OCc2ccccc2)NCCN1c1cc(Cl)nc(-n2ccnc2)n1. The second kappa shape index (κ2) is 13.1. The van der Waals surface area contributed by atoms with Gasteiger partial charge in [-0.2, -0.15) is 4.98 Å². The summed E-state index contributed by atoms with van der Waals surface area (Å²) in [5, 5.41) is 4.79. The molecule has 6 rings (SSSR count). The molecular formula is C30H28ClN7O5. The highest BCUT2D eigenvalue weighted by molar-refractivity contribution is 6.29. The van der Waals surface area contributed by atoms with Crippen molar-refractivity contribution in [2.75, 3.05) is 31.2 Å². The highest BCUT2D eigenvalue weighted by atomic mass is 35.5. The summed E-state index contributed by atoms with van der Waals surface area (Å²) >= 11 is 6.32. The van der Waals surface area contributed by atoms with Crippen LogP contribution in [0.25, 0.3) is 5.95 Å². The van der Waals surface area contributed by atoms with Crippen LogP contribution in [0.5, 0.6) is 11.5 Å². The Kier molecular flexibility index (Phi) is 8.62. The van der Waals surface area contributed by atoms with Crippen molar-refractivity contribution in [3.63, 3.8) is 0 Å². The monoisotopic (exact) mass is 601 g/mol. The molecule has 0 saturated carbocycles. The van der Waals surface area contributed by atoms with E-state index in [-0.39, 0.29) is 36.3 Å². The van der Waals surface area contributed by atoms with Gasteiger partial charge in [-0.05, 0) is 23.3 Å². The van der Waals surface area contributed by atoms with Crippen molar-refractivity contribution in [2.24, 2.45) is 0 Å². The van der Waals surface area contributed by atoms with Crippen molar-refractivity contribution in [1.29, 1.82) is 0 Å². The maximum absolute atomic E-state index is 13.8. The van der Waals surface area contributed by atoms with Gasteiger partial charge in [0.1, 0.15) is 48.8 Å². The predicted molar refractivity (Wildman–Crippen MR) is 156 cm³/mol. The molecule has 220 valence electrons. The molecule has 1 unspecified atom stereocenters. The van der Waals surface area contributed by atoms with Crippen molar-refractivity contribution < 1.29 is 23.9 Å². The first-order chi connectivity index (χ1) is 21.1. The Hall–Kier alpha value is -4.74. The van der Waals surface area contributed by atoms with Gasteiger partial charge in [-0.25, -0.2) is 19.8 Å². The third-order valence-electron chi connectivity index (χ3n) is 6.95. The molecule has 43 heavy (non-hydrogen) atoms. The minimum absolute atomic E-state index is 0.0619. The first-order valence-electron chi connectivity index (χ1n) is 13.7. The highest BCUT2D eigenvalue weighted by Gasteiger charge is 2.32. The van der Waals surface area contributed by atoms with Crippen molar-refractivity contribution in [3.8, 4) is 17.4 Å². The summed E-state index contributed by atoms with van der Waals surface area (Å²) in [4.78, 5) is 46.7. The van der Waals surface area contributed by atoms with Crippen LogP contribution in [-0.2, 0) is 27.6 Å². The van der Waals surface area contributed by atoms with Gasteiger partial charge in [-0.15, -0.1) is 0 Å². The van der Waals surface area contributed by atoms with E-state index in [0.717, 1.165) is 11.1 Å². The lowest BCUT2D eigenvalue weighted by Gasteiger charge is -2.35. The molecule has 13 heteroatoms. The first-order valence-corrected chi connectivity index (χ1v) is 14.1. The molecule has 2 aromatic heterocycles. The maximum Gasteiger partial charge on any atom is 0.248 e. The molecule has 1 fully saturated rings. The molecule has 2 aliphatic heterocycles. The molecular weight excluding hydrogens is 574 g/mol. The van der Waals surface area contributed by atoms with Crippen molar-refractivity contribution in [2.45, 2.75) is 25.6 Å². The number of fused-ring (bicyclic) bond motifs is 1. The molecule has 4 aromatic rings. The third-order valence-corrected chi connectivity index (χ3v) is 7.15. The van der Waals surface area contributed by atoms with Gasteiger partial charge in [0, 0.05) is 31.5 Å². The molecule has 12 nitrogen and oxygen atoms in total. The fraction of sp³-hybridized carbons (Fsp3) is 0.267. The normalized spacial score (nSPS) is 16.1. The molecule has 1 atom stereocenters. The minimum Gasteiger partial charge on any atom is -0.486 e. The third kappa shape index (κ3) is 6.68. The van der Waals surface area contributed by atoms with Crippen LogP contribution in [0, 0.1) is 0 Å². The van der Waals surface area contributed by atoms with Crippen LogP contribution in [0.2, 0.25) is 5.15 Å². The Balaban J connectivity index is 1.22. The zero-order valence-corrected chi connectivity index (χ0v) is 23.8. The average Bonchev–Trinajstić information content (AvgIpc) is 3.58. The highest BCUT2D eigenvalue weighted by Crippen LogP contribution is 2.31. The predicted octanol–water partition coefficient (Wildman–Crippen LogP) is 3.13. The Morgan fingerprint density at radius 2 is 1.93 bits per heavy atom. The second-order valence-corrected chi connectivity index (χ2v) is 10.2. The van der Waals surface area contributed by atoms with Crippen LogP contribution in [-0.4, -0.2) is 68.8 Å². The largest absolute Gasteiger partial charge is 0.486 e. The molecule has 1 amide bonds. The summed E-state index contributed by atoms with van der Waals surface area (Å²) < 4.78 is 13.0. The van der Waals surface area contributed by atoms with Crippen LogP contribution in [0.15, 0.2) is 79.0 Å². The van der Waals surface area contributed by atoms with Crippen LogP contribution in [0.1, 0.15) is 17.5 Å². The van der Waals surface area contributed by atoms with Gasteiger partial charge in [-0.1, -0.05) is 48.0 Å². The first kappa shape index (κ1) is 28.4. The van der Waals surface area contributed by atoms with Crippen LogP contribution in [0.4, 0.5) is 5.82 Å². The number of carbonyl (C=O) groups is 1. The van der Waals surface area contributed by atoms with E-state index in [9.17, 15) is 9.59 Å². The second-order valence-electron chi connectivity index (χ2n) is 9.84. The van der Waals surface area contributed by atoms with Crippen LogP contribution < -0.4 is 19.7 Å². The number of anilines is 1. The summed E-state index contributed by atoms with van der Waals surface area (Å²) in [6.45, 7) is 2.19. The van der Waals surface area contributed by atoms with E-state index in [2.05, 4.69) is 20.3 Å². The van der Waals surface area contributed by atoms with E-state index in [1.165, 1.54) is 5.06 Å². The minimum atomic E-state index is -0.646. The summed E-state index contributed by atoms with van der Waals surface area (Å²) in [5.41, 5.74) is 1.94. The van der Waals surface area contributed by atoms with E-state index >= 15 is 0 Å². The van der Waals surface area contributed by atoms with Gasteiger partial charge in [0.15, 0.2) is 11.5 Å². The number of nitrogens with one attached hydrogen (secondary N) is 1. The zero-order chi connectivity index (χ0) is 29.6. The fourth-order valence-corrected chi connectivity index (χ4v) is 5.05. The number of hydrogen-bond donors (Lipinski definition) is 1.